The molecule has 0 fully saturated rings. The van der Waals surface area contributed by atoms with Gasteiger partial charge in [-0.05, 0) is 18.2 Å². The van der Waals surface area contributed by atoms with Crippen LogP contribution in [0.4, 0.5) is 5.69 Å². The van der Waals surface area contributed by atoms with E-state index >= 15 is 0 Å². The summed E-state index contributed by atoms with van der Waals surface area (Å²) in [6.07, 6.45) is 1.35. The third kappa shape index (κ3) is 2.71. The summed E-state index contributed by atoms with van der Waals surface area (Å²) < 4.78 is 26.5. The molecule has 0 amide bonds. The van der Waals surface area contributed by atoms with E-state index in [1.54, 1.807) is 18.2 Å². The van der Waals surface area contributed by atoms with Gasteiger partial charge in [-0.15, -0.1) is 0 Å². The number of nitrogens with two attached hydrogens (primary N) is 1. The summed E-state index contributed by atoms with van der Waals surface area (Å²) in [4.78, 5) is 2.87. The molecule has 6 N–H and O–H groups in total. The number of hydrogen-bond acceptors (Lipinski definition) is 5. The fourth-order valence-corrected chi connectivity index (χ4v) is 3.15. The number of hydrogen-bond donors (Lipinski definition) is 5. The summed E-state index contributed by atoms with van der Waals surface area (Å²) in [5, 5.41) is 18.3. The van der Waals surface area contributed by atoms with Crippen molar-refractivity contribution < 1.29 is 18.6 Å². The standard InChI is InChI=1S/C11H15N3O4S/c12-7-1-2-9-10(3-7)13-4-11(9)19(17,18)14-8(5-15)6-16/h1-4,8,13-16H,5-6,12H2. The molecule has 0 unspecified atom stereocenters. The van der Waals surface area contributed by atoms with Crippen LogP contribution >= 0.6 is 0 Å². The van der Waals surface area contributed by atoms with E-state index in [9.17, 15) is 8.42 Å². The molecule has 19 heavy (non-hydrogen) atoms. The third-order valence-electron chi connectivity index (χ3n) is 2.72. The first kappa shape index (κ1) is 13.8. The quantitative estimate of drug-likeness (QED) is 0.468. The lowest BCUT2D eigenvalue weighted by molar-refractivity contribution is 0.185. The van der Waals surface area contributed by atoms with Crippen molar-refractivity contribution in [2.75, 3.05) is 18.9 Å². The van der Waals surface area contributed by atoms with Gasteiger partial charge in [-0.2, -0.15) is 0 Å². The fourth-order valence-electron chi connectivity index (χ4n) is 1.75. The van der Waals surface area contributed by atoms with Gasteiger partial charge >= 0.3 is 0 Å². The zero-order chi connectivity index (χ0) is 14.0. The average molecular weight is 285 g/mol. The zero-order valence-electron chi connectivity index (χ0n) is 10.00. The van der Waals surface area contributed by atoms with Crippen LogP contribution < -0.4 is 10.5 Å². The van der Waals surface area contributed by atoms with Gasteiger partial charge < -0.3 is 20.9 Å². The predicted molar refractivity (Wildman–Crippen MR) is 71.0 cm³/mol. The minimum atomic E-state index is -3.82. The first-order valence-electron chi connectivity index (χ1n) is 5.58. The van der Waals surface area contributed by atoms with Crippen molar-refractivity contribution in [3.8, 4) is 0 Å². The number of nitrogen functional groups attached to an aromatic ring is 1. The Bertz CT molecular complexity index is 676. The second kappa shape index (κ2) is 5.17. The molecule has 1 aromatic carbocycles. The number of sulfonamides is 1. The van der Waals surface area contributed by atoms with E-state index in [0.717, 1.165) is 0 Å². The van der Waals surface area contributed by atoms with Gasteiger partial charge in [0.25, 0.3) is 0 Å². The zero-order valence-corrected chi connectivity index (χ0v) is 10.8. The first-order valence-corrected chi connectivity index (χ1v) is 7.07. The summed E-state index contributed by atoms with van der Waals surface area (Å²) in [5.74, 6) is 0. The normalized spacial score (nSPS) is 12.4. The summed E-state index contributed by atoms with van der Waals surface area (Å²) in [5.41, 5.74) is 6.74. The largest absolute Gasteiger partial charge is 0.399 e. The van der Waals surface area contributed by atoms with Crippen molar-refractivity contribution in [3.05, 3.63) is 24.4 Å². The Balaban J connectivity index is 2.43. The maximum Gasteiger partial charge on any atom is 0.243 e. The Kier molecular flexibility index (Phi) is 3.76. The molecule has 0 aliphatic heterocycles. The number of rotatable bonds is 5. The summed E-state index contributed by atoms with van der Waals surface area (Å²) in [6.45, 7) is -0.962. The van der Waals surface area contributed by atoms with Crippen LogP contribution in [0.5, 0.6) is 0 Å². The summed E-state index contributed by atoms with van der Waals surface area (Å²) >= 11 is 0. The summed E-state index contributed by atoms with van der Waals surface area (Å²) in [7, 11) is -3.82. The van der Waals surface area contributed by atoms with Gasteiger partial charge in [0.2, 0.25) is 10.0 Å². The lowest BCUT2D eigenvalue weighted by atomic mass is 10.2. The Hall–Kier alpha value is -1.61. The highest BCUT2D eigenvalue weighted by molar-refractivity contribution is 7.89. The topological polar surface area (TPSA) is 128 Å². The number of nitrogens with one attached hydrogen (secondary N) is 2. The molecule has 0 aliphatic rings. The molecule has 2 rings (SSSR count). The summed E-state index contributed by atoms with van der Waals surface area (Å²) in [6, 6.07) is 3.90. The Morgan fingerprint density at radius 3 is 2.63 bits per heavy atom. The van der Waals surface area contributed by atoms with Crippen LogP contribution in [0.15, 0.2) is 29.3 Å². The SMILES string of the molecule is Nc1ccc2c(S(=O)(=O)NC(CO)CO)c[nH]c2c1. The molecule has 0 spiro atoms. The molecule has 0 aliphatic carbocycles. The van der Waals surface area contributed by atoms with E-state index in [0.29, 0.717) is 16.6 Å². The molecule has 104 valence electrons. The van der Waals surface area contributed by atoms with Crippen LogP contribution in [-0.4, -0.2) is 42.9 Å². The highest BCUT2D eigenvalue weighted by atomic mass is 32.2. The molecule has 8 heteroatoms. The predicted octanol–water partition coefficient (Wildman–Crippen LogP) is -0.618. The average Bonchev–Trinajstić information content (AvgIpc) is 2.79. The number of aliphatic hydroxyl groups excluding tert-OH is 2. The Morgan fingerprint density at radius 2 is 2.00 bits per heavy atom. The van der Waals surface area contributed by atoms with Crippen LogP contribution in [0.3, 0.4) is 0 Å². The third-order valence-corrected chi connectivity index (χ3v) is 4.28. The molecule has 1 heterocycles. The van der Waals surface area contributed by atoms with Gasteiger partial charge in [0.15, 0.2) is 0 Å². The van der Waals surface area contributed by atoms with Crippen molar-refractivity contribution >= 4 is 26.6 Å². The van der Waals surface area contributed by atoms with Gasteiger partial charge in [0, 0.05) is 22.8 Å². The van der Waals surface area contributed by atoms with Crippen molar-refractivity contribution in [3.63, 3.8) is 0 Å². The number of aromatic amines is 1. The molecule has 7 nitrogen and oxygen atoms in total. The van der Waals surface area contributed by atoms with Gasteiger partial charge in [-0.25, -0.2) is 13.1 Å². The molecule has 0 atom stereocenters. The highest BCUT2D eigenvalue weighted by Gasteiger charge is 2.22. The molecule has 0 saturated carbocycles. The minimum absolute atomic E-state index is 0.0504. The lowest BCUT2D eigenvalue weighted by Crippen LogP contribution is -2.39. The van der Waals surface area contributed by atoms with E-state index in [1.165, 1.54) is 6.20 Å². The lowest BCUT2D eigenvalue weighted by Gasteiger charge is -2.13. The second-order valence-electron chi connectivity index (χ2n) is 4.14. The van der Waals surface area contributed by atoms with Crippen molar-refractivity contribution in [1.82, 2.24) is 9.71 Å². The first-order chi connectivity index (χ1) is 8.97. The van der Waals surface area contributed by atoms with Crippen molar-refractivity contribution in [1.29, 1.82) is 0 Å². The van der Waals surface area contributed by atoms with Crippen molar-refractivity contribution in [2.24, 2.45) is 0 Å². The molecule has 1 aromatic heterocycles. The van der Waals surface area contributed by atoms with E-state index in [-0.39, 0.29) is 4.90 Å². The van der Waals surface area contributed by atoms with Crippen LogP contribution in [0, 0.1) is 0 Å². The Labute approximate surface area is 110 Å². The highest BCUT2D eigenvalue weighted by Crippen LogP contribution is 2.24. The number of benzene rings is 1. The number of H-pyrrole nitrogens is 1. The van der Waals surface area contributed by atoms with Crippen LogP contribution in [-0.2, 0) is 10.0 Å². The molecular weight excluding hydrogens is 270 g/mol. The molecule has 0 saturated heterocycles. The van der Waals surface area contributed by atoms with Gasteiger partial charge in [0.05, 0.1) is 19.3 Å². The van der Waals surface area contributed by atoms with Gasteiger partial charge in [-0.3, -0.25) is 0 Å². The van der Waals surface area contributed by atoms with Gasteiger partial charge in [0.1, 0.15) is 4.90 Å². The number of fused-ring (bicyclic) bond motifs is 1. The molecular formula is C11H15N3O4S. The fraction of sp³-hybridized carbons (Fsp3) is 0.273. The van der Waals surface area contributed by atoms with Crippen molar-refractivity contribution in [2.45, 2.75) is 10.9 Å². The van der Waals surface area contributed by atoms with E-state index < -0.39 is 29.3 Å². The maximum atomic E-state index is 12.1. The Morgan fingerprint density at radius 1 is 1.32 bits per heavy atom. The number of aliphatic hydroxyl groups is 2. The monoisotopic (exact) mass is 285 g/mol. The van der Waals surface area contributed by atoms with E-state index in [1.807, 2.05) is 0 Å². The number of anilines is 1. The van der Waals surface area contributed by atoms with Crippen LogP contribution in [0.1, 0.15) is 0 Å². The number of aromatic nitrogens is 1. The maximum absolute atomic E-state index is 12.1. The van der Waals surface area contributed by atoms with Gasteiger partial charge in [-0.1, -0.05) is 0 Å². The minimum Gasteiger partial charge on any atom is -0.399 e. The second-order valence-corrected chi connectivity index (χ2v) is 5.82. The van der Waals surface area contributed by atoms with E-state index in [4.69, 9.17) is 15.9 Å². The van der Waals surface area contributed by atoms with E-state index in [2.05, 4.69) is 9.71 Å². The molecule has 0 radical (unpaired) electrons. The molecule has 2 aromatic rings. The molecule has 0 bridgehead atoms. The van der Waals surface area contributed by atoms with Crippen LogP contribution in [0.2, 0.25) is 0 Å². The smallest absolute Gasteiger partial charge is 0.243 e. The van der Waals surface area contributed by atoms with Crippen LogP contribution in [0.25, 0.3) is 10.9 Å².